The SMILES string of the molecule is CCC[C@@H](CC(=O)N[C@@H]1CCCC[C@@H]1C(=O)O)NC(=O)OCC1c2ccccc2-c2ccccc21. The molecule has 7 nitrogen and oxygen atoms in total. The van der Waals surface area contributed by atoms with Gasteiger partial charge in [-0.05, 0) is 41.5 Å². The topological polar surface area (TPSA) is 105 Å². The highest BCUT2D eigenvalue weighted by atomic mass is 16.5. The first-order valence-electron chi connectivity index (χ1n) is 12.6. The van der Waals surface area contributed by atoms with Gasteiger partial charge < -0.3 is 20.5 Å². The smallest absolute Gasteiger partial charge is 0.407 e. The van der Waals surface area contributed by atoms with Crippen LogP contribution >= 0.6 is 0 Å². The minimum Gasteiger partial charge on any atom is -0.481 e. The molecule has 35 heavy (non-hydrogen) atoms. The van der Waals surface area contributed by atoms with Crippen molar-refractivity contribution in [3.05, 3.63) is 59.7 Å². The van der Waals surface area contributed by atoms with Crippen molar-refractivity contribution in [2.45, 2.75) is 69.9 Å². The lowest BCUT2D eigenvalue weighted by Gasteiger charge is -2.30. The molecular weight excluding hydrogens is 444 g/mol. The van der Waals surface area contributed by atoms with Gasteiger partial charge in [-0.3, -0.25) is 9.59 Å². The average molecular weight is 479 g/mol. The zero-order chi connectivity index (χ0) is 24.8. The van der Waals surface area contributed by atoms with Gasteiger partial charge in [-0.2, -0.15) is 0 Å². The number of alkyl carbamates (subject to hydrolysis) is 1. The van der Waals surface area contributed by atoms with Gasteiger partial charge in [-0.25, -0.2) is 4.79 Å². The van der Waals surface area contributed by atoms with Gasteiger partial charge in [-0.1, -0.05) is 74.7 Å². The lowest BCUT2D eigenvalue weighted by atomic mass is 9.84. The summed E-state index contributed by atoms with van der Waals surface area (Å²) in [4.78, 5) is 36.9. The molecule has 0 aliphatic heterocycles. The molecule has 0 spiro atoms. The molecule has 0 heterocycles. The molecule has 2 aromatic rings. The Labute approximate surface area is 206 Å². The minimum atomic E-state index is -0.864. The number of carbonyl (C=O) groups is 3. The predicted molar refractivity (Wildman–Crippen MR) is 133 cm³/mol. The zero-order valence-corrected chi connectivity index (χ0v) is 20.2. The van der Waals surface area contributed by atoms with Gasteiger partial charge in [0.1, 0.15) is 6.61 Å². The summed E-state index contributed by atoms with van der Waals surface area (Å²) in [5.41, 5.74) is 4.62. The van der Waals surface area contributed by atoms with Crippen molar-refractivity contribution in [3.8, 4) is 11.1 Å². The second-order valence-corrected chi connectivity index (χ2v) is 9.56. The first-order valence-corrected chi connectivity index (χ1v) is 12.6. The standard InChI is InChI=1S/C28H34N2O5/c1-2-9-18(16-26(31)30-25-15-8-7-14-23(25)27(32)33)29-28(34)35-17-24-21-12-5-3-10-19(21)20-11-4-6-13-22(20)24/h3-6,10-13,18,23-25H,2,7-9,14-17H2,1H3,(H,29,34)(H,30,31)(H,32,33)/t18-,23-,25+/m0/s1. The number of nitrogens with one attached hydrogen (secondary N) is 2. The minimum absolute atomic E-state index is 0.0275. The third-order valence-electron chi connectivity index (χ3n) is 7.16. The predicted octanol–water partition coefficient (Wildman–Crippen LogP) is 4.84. The van der Waals surface area contributed by atoms with Gasteiger partial charge in [0, 0.05) is 24.4 Å². The van der Waals surface area contributed by atoms with Gasteiger partial charge in [-0.15, -0.1) is 0 Å². The van der Waals surface area contributed by atoms with Crippen molar-refractivity contribution >= 4 is 18.0 Å². The van der Waals surface area contributed by atoms with Crippen molar-refractivity contribution in [1.82, 2.24) is 10.6 Å². The molecule has 1 saturated carbocycles. The van der Waals surface area contributed by atoms with Gasteiger partial charge in [0.2, 0.25) is 5.91 Å². The third-order valence-corrected chi connectivity index (χ3v) is 7.16. The Bertz CT molecular complexity index is 1020. The normalized spacial score (nSPS) is 19.8. The van der Waals surface area contributed by atoms with Crippen LogP contribution in [-0.4, -0.2) is 41.8 Å². The van der Waals surface area contributed by atoms with E-state index >= 15 is 0 Å². The molecule has 1 fully saturated rings. The summed E-state index contributed by atoms with van der Waals surface area (Å²) in [6.07, 6.45) is 4.00. The van der Waals surface area contributed by atoms with Crippen LogP contribution in [-0.2, 0) is 14.3 Å². The summed E-state index contributed by atoms with van der Waals surface area (Å²) in [5.74, 6) is -1.68. The number of aliphatic carboxylic acids is 1. The number of carboxylic acid groups (broad SMARTS) is 1. The summed E-state index contributed by atoms with van der Waals surface area (Å²) >= 11 is 0. The molecule has 0 bridgehead atoms. The summed E-state index contributed by atoms with van der Waals surface area (Å²) in [7, 11) is 0. The van der Waals surface area contributed by atoms with Gasteiger partial charge >= 0.3 is 12.1 Å². The Hall–Kier alpha value is -3.35. The van der Waals surface area contributed by atoms with E-state index in [1.807, 2.05) is 31.2 Å². The highest BCUT2D eigenvalue weighted by Crippen LogP contribution is 2.44. The van der Waals surface area contributed by atoms with Crippen molar-refractivity contribution in [1.29, 1.82) is 0 Å². The molecule has 2 aliphatic carbocycles. The fourth-order valence-corrected chi connectivity index (χ4v) is 5.47. The summed E-state index contributed by atoms with van der Waals surface area (Å²) in [6, 6.07) is 15.6. The fourth-order valence-electron chi connectivity index (χ4n) is 5.47. The highest BCUT2D eigenvalue weighted by Gasteiger charge is 2.33. The molecular formula is C28H34N2O5. The van der Waals surface area contributed by atoms with E-state index in [1.165, 1.54) is 11.1 Å². The number of carboxylic acids is 1. The van der Waals surface area contributed by atoms with Gasteiger partial charge in [0.15, 0.2) is 0 Å². The monoisotopic (exact) mass is 478 g/mol. The summed E-state index contributed by atoms with van der Waals surface area (Å²) in [5, 5.41) is 15.2. The quantitative estimate of drug-likeness (QED) is 0.478. The highest BCUT2D eigenvalue weighted by molar-refractivity contribution is 5.80. The second-order valence-electron chi connectivity index (χ2n) is 9.56. The van der Waals surface area contributed by atoms with Crippen molar-refractivity contribution < 1.29 is 24.2 Å². The molecule has 0 aromatic heterocycles. The number of benzene rings is 2. The van der Waals surface area contributed by atoms with Crippen molar-refractivity contribution in [2.75, 3.05) is 6.61 Å². The number of hydrogen-bond acceptors (Lipinski definition) is 4. The van der Waals surface area contributed by atoms with E-state index in [9.17, 15) is 19.5 Å². The maximum Gasteiger partial charge on any atom is 0.407 e. The van der Waals surface area contributed by atoms with E-state index in [4.69, 9.17) is 4.74 Å². The van der Waals surface area contributed by atoms with E-state index < -0.39 is 18.0 Å². The van der Waals surface area contributed by atoms with Crippen LogP contribution in [0.15, 0.2) is 48.5 Å². The molecule has 0 radical (unpaired) electrons. The molecule has 0 unspecified atom stereocenters. The Morgan fingerprint density at radius 1 is 1.00 bits per heavy atom. The van der Waals surface area contributed by atoms with E-state index in [2.05, 4.69) is 34.9 Å². The number of hydrogen-bond donors (Lipinski definition) is 3. The first kappa shape index (κ1) is 24.8. The van der Waals surface area contributed by atoms with Crippen molar-refractivity contribution in [3.63, 3.8) is 0 Å². The second kappa shape index (κ2) is 11.4. The van der Waals surface area contributed by atoms with Crippen LogP contribution in [0.25, 0.3) is 11.1 Å². The molecule has 2 amide bonds. The van der Waals surface area contributed by atoms with Crippen LogP contribution in [0.5, 0.6) is 0 Å². The zero-order valence-electron chi connectivity index (χ0n) is 20.2. The van der Waals surface area contributed by atoms with Gasteiger partial charge in [0.25, 0.3) is 0 Å². The number of amides is 2. The number of ether oxygens (including phenoxy) is 1. The lowest BCUT2D eigenvalue weighted by molar-refractivity contribution is -0.144. The maximum atomic E-state index is 12.7. The number of fused-ring (bicyclic) bond motifs is 3. The van der Waals surface area contributed by atoms with E-state index in [0.717, 1.165) is 30.4 Å². The van der Waals surface area contributed by atoms with E-state index in [1.54, 1.807) is 0 Å². The number of rotatable bonds is 9. The Morgan fingerprint density at radius 3 is 2.26 bits per heavy atom. The molecule has 4 rings (SSSR count). The maximum absolute atomic E-state index is 12.7. The average Bonchev–Trinajstić information content (AvgIpc) is 3.17. The Balaban J connectivity index is 1.33. The third kappa shape index (κ3) is 5.84. The van der Waals surface area contributed by atoms with Gasteiger partial charge in [0.05, 0.1) is 5.92 Å². The molecule has 3 N–H and O–H groups in total. The molecule has 0 saturated heterocycles. The molecule has 3 atom stereocenters. The molecule has 7 heteroatoms. The van der Waals surface area contributed by atoms with Crippen LogP contribution in [0.2, 0.25) is 0 Å². The summed E-state index contributed by atoms with van der Waals surface area (Å²) in [6.45, 7) is 2.21. The van der Waals surface area contributed by atoms with E-state index in [0.29, 0.717) is 19.3 Å². The van der Waals surface area contributed by atoms with Crippen molar-refractivity contribution in [2.24, 2.45) is 5.92 Å². The van der Waals surface area contributed by atoms with E-state index in [-0.39, 0.29) is 36.9 Å². The molecule has 186 valence electrons. The van der Waals surface area contributed by atoms with Crippen LogP contribution in [0.1, 0.15) is 68.9 Å². The van der Waals surface area contributed by atoms with Crippen LogP contribution in [0.3, 0.4) is 0 Å². The summed E-state index contributed by atoms with van der Waals surface area (Å²) < 4.78 is 5.64. The Morgan fingerprint density at radius 2 is 1.63 bits per heavy atom. The first-order chi connectivity index (χ1) is 17.0. The molecule has 2 aromatic carbocycles. The lowest BCUT2D eigenvalue weighted by Crippen LogP contribution is -2.47. The number of carbonyl (C=O) groups excluding carboxylic acids is 2. The van der Waals surface area contributed by atoms with Crippen LogP contribution in [0, 0.1) is 5.92 Å². The van der Waals surface area contributed by atoms with Crippen LogP contribution in [0.4, 0.5) is 4.79 Å². The van der Waals surface area contributed by atoms with Crippen LogP contribution < -0.4 is 10.6 Å². The fraction of sp³-hybridized carbons (Fsp3) is 0.464. The Kier molecular flexibility index (Phi) is 8.06. The largest absolute Gasteiger partial charge is 0.481 e. The molecule has 2 aliphatic rings.